The van der Waals surface area contributed by atoms with Crippen LogP contribution < -0.4 is 10.6 Å². The first-order valence-electron chi connectivity index (χ1n) is 10.9. The number of hydrogen-bond acceptors (Lipinski definition) is 8. The third-order valence-electron chi connectivity index (χ3n) is 5.92. The number of nitriles is 1. The number of carbonyl (C=O) groups excluding carboxylic acids is 1. The number of non-ortho nitro benzene ring substituents is 1. The highest BCUT2D eigenvalue weighted by atomic mass is 32.2. The van der Waals surface area contributed by atoms with Crippen LogP contribution >= 0.6 is 23.1 Å². The van der Waals surface area contributed by atoms with E-state index in [-0.39, 0.29) is 17.3 Å². The summed E-state index contributed by atoms with van der Waals surface area (Å²) in [4.78, 5) is 27.1. The molecule has 33 heavy (non-hydrogen) atoms. The van der Waals surface area contributed by atoms with Crippen molar-refractivity contribution in [3.63, 3.8) is 0 Å². The fourth-order valence-corrected chi connectivity index (χ4v) is 6.88. The number of nitrogens with two attached hydrogens (primary N) is 1. The zero-order valence-corrected chi connectivity index (χ0v) is 20.1. The van der Waals surface area contributed by atoms with Gasteiger partial charge in [0.25, 0.3) is 5.69 Å². The molecule has 2 aliphatic rings. The minimum Gasteiger partial charge on any atom is -0.384 e. The first-order valence-corrected chi connectivity index (χ1v) is 12.7. The standard InChI is InChI=1S/C24H24N4O3S2/c1-3-16-12-17(24(33-16)32-4-2)21-18(13-25)23(26)27(19-9-6-10-20(29)22(19)21)14-7-5-8-15(11-14)28(30)31/h5,7-8,11-12,21H,3-4,6,9-10,26H2,1-2H3/t21-/m1/s1. The van der Waals surface area contributed by atoms with Crippen molar-refractivity contribution in [1.82, 2.24) is 0 Å². The summed E-state index contributed by atoms with van der Waals surface area (Å²) in [6.07, 6.45) is 2.57. The Balaban J connectivity index is 1.97. The molecule has 2 N–H and O–H groups in total. The third-order valence-corrected chi connectivity index (χ3v) is 8.40. The van der Waals surface area contributed by atoms with E-state index in [0.29, 0.717) is 36.1 Å². The number of nitro benzene ring substituents is 1. The van der Waals surface area contributed by atoms with E-state index in [9.17, 15) is 20.2 Å². The van der Waals surface area contributed by atoms with Gasteiger partial charge in [0, 0.05) is 34.7 Å². The van der Waals surface area contributed by atoms with E-state index in [1.165, 1.54) is 17.0 Å². The van der Waals surface area contributed by atoms with Crippen molar-refractivity contribution >= 4 is 40.3 Å². The second-order valence-corrected chi connectivity index (χ2v) is 10.5. The number of rotatable bonds is 6. The summed E-state index contributed by atoms with van der Waals surface area (Å²) in [6.45, 7) is 4.17. The molecule has 2 heterocycles. The van der Waals surface area contributed by atoms with E-state index in [2.05, 4.69) is 26.0 Å². The van der Waals surface area contributed by atoms with Gasteiger partial charge in [-0.1, -0.05) is 19.9 Å². The number of hydrogen-bond donors (Lipinski definition) is 1. The fourth-order valence-electron chi connectivity index (χ4n) is 4.50. The third kappa shape index (κ3) is 4.05. The number of anilines is 1. The summed E-state index contributed by atoms with van der Waals surface area (Å²) in [5.74, 6) is 0.601. The Bertz CT molecular complexity index is 1240. The van der Waals surface area contributed by atoms with E-state index in [0.717, 1.165) is 27.6 Å². The zero-order valence-electron chi connectivity index (χ0n) is 18.5. The van der Waals surface area contributed by atoms with Crippen molar-refractivity contribution in [3.05, 3.63) is 73.6 Å². The molecule has 0 bridgehead atoms. The van der Waals surface area contributed by atoms with Crippen LogP contribution in [-0.2, 0) is 11.2 Å². The molecule has 0 saturated carbocycles. The zero-order chi connectivity index (χ0) is 23.7. The molecule has 9 heteroatoms. The van der Waals surface area contributed by atoms with Gasteiger partial charge in [-0.3, -0.25) is 19.8 Å². The van der Waals surface area contributed by atoms with Gasteiger partial charge >= 0.3 is 0 Å². The van der Waals surface area contributed by atoms with Crippen LogP contribution in [0.1, 0.15) is 49.5 Å². The molecule has 0 radical (unpaired) electrons. The molecule has 0 spiro atoms. The quantitative estimate of drug-likeness (QED) is 0.323. The predicted octanol–water partition coefficient (Wildman–Crippen LogP) is 5.64. The highest BCUT2D eigenvalue weighted by molar-refractivity contribution is 8.01. The Morgan fingerprint density at radius 3 is 2.79 bits per heavy atom. The molecule has 0 amide bonds. The summed E-state index contributed by atoms with van der Waals surface area (Å²) in [5, 5.41) is 21.6. The van der Waals surface area contributed by atoms with Crippen LogP contribution in [0.15, 0.2) is 57.2 Å². The number of benzene rings is 1. The Hall–Kier alpha value is -3.09. The Morgan fingerprint density at radius 1 is 1.33 bits per heavy atom. The largest absolute Gasteiger partial charge is 0.384 e. The van der Waals surface area contributed by atoms with Crippen LogP contribution in [0.2, 0.25) is 0 Å². The van der Waals surface area contributed by atoms with Crippen LogP contribution in [0, 0.1) is 21.4 Å². The molecule has 7 nitrogen and oxygen atoms in total. The van der Waals surface area contributed by atoms with Crippen molar-refractivity contribution in [3.8, 4) is 6.07 Å². The molecule has 1 aliphatic carbocycles. The van der Waals surface area contributed by atoms with Crippen molar-refractivity contribution in [2.45, 2.75) is 49.7 Å². The molecule has 170 valence electrons. The average Bonchev–Trinajstić information content (AvgIpc) is 3.21. The number of nitrogens with zero attached hydrogens (tertiary/aromatic N) is 3. The SMILES string of the molecule is CCSc1sc(CC)cc1[C@@H]1C(C#N)=C(N)N(c2cccc([N+](=O)[O-])c2)C2=C1C(=O)CCC2. The lowest BCUT2D eigenvalue weighted by Gasteiger charge is -2.39. The molecule has 4 rings (SSSR count). The van der Waals surface area contributed by atoms with Crippen LogP contribution in [0.5, 0.6) is 0 Å². The highest BCUT2D eigenvalue weighted by Crippen LogP contribution is 2.50. The molecule has 1 aliphatic heterocycles. The molecule has 1 aromatic heterocycles. The van der Waals surface area contributed by atoms with Gasteiger partial charge in [-0.25, -0.2) is 0 Å². The molecular formula is C24H24N4O3S2. The van der Waals surface area contributed by atoms with Gasteiger partial charge in [0.05, 0.1) is 32.4 Å². The van der Waals surface area contributed by atoms with E-state index < -0.39 is 10.8 Å². The molecule has 0 fully saturated rings. The number of aryl methyl sites for hydroxylation is 1. The lowest BCUT2D eigenvalue weighted by Crippen LogP contribution is -2.38. The average molecular weight is 481 g/mol. The fraction of sp³-hybridized carbons (Fsp3) is 0.333. The maximum absolute atomic E-state index is 13.3. The van der Waals surface area contributed by atoms with Gasteiger partial charge in [0.15, 0.2) is 5.78 Å². The van der Waals surface area contributed by atoms with Crippen LogP contribution in [-0.4, -0.2) is 16.5 Å². The van der Waals surface area contributed by atoms with Gasteiger partial charge in [-0.15, -0.1) is 23.1 Å². The number of allylic oxidation sites excluding steroid dienone is 3. The number of carbonyl (C=O) groups is 1. The number of nitro groups is 1. The summed E-state index contributed by atoms with van der Waals surface area (Å²) >= 11 is 3.41. The molecule has 0 saturated heterocycles. The first kappa shape index (κ1) is 23.1. The normalized spacial score (nSPS) is 18.4. The Kier molecular flexibility index (Phi) is 6.58. The Labute approximate surface area is 200 Å². The number of thioether (sulfide) groups is 1. The van der Waals surface area contributed by atoms with Crippen LogP contribution in [0.3, 0.4) is 0 Å². The van der Waals surface area contributed by atoms with Gasteiger partial charge in [0.1, 0.15) is 5.82 Å². The second kappa shape index (κ2) is 9.41. The minimum atomic E-state index is -0.515. The minimum absolute atomic E-state index is 0.00799. The summed E-state index contributed by atoms with van der Waals surface area (Å²) < 4.78 is 1.11. The topological polar surface area (TPSA) is 113 Å². The maximum atomic E-state index is 13.3. The van der Waals surface area contributed by atoms with E-state index in [4.69, 9.17) is 5.73 Å². The summed E-state index contributed by atoms with van der Waals surface area (Å²) in [5.41, 5.74) is 9.62. The lowest BCUT2D eigenvalue weighted by molar-refractivity contribution is -0.384. The number of thiophene rings is 1. The molecule has 1 aromatic carbocycles. The van der Waals surface area contributed by atoms with Gasteiger partial charge in [-0.05, 0) is 42.7 Å². The van der Waals surface area contributed by atoms with Gasteiger partial charge in [-0.2, -0.15) is 5.26 Å². The van der Waals surface area contributed by atoms with Crippen molar-refractivity contribution in [2.24, 2.45) is 5.73 Å². The van der Waals surface area contributed by atoms with E-state index in [1.807, 2.05) is 0 Å². The predicted molar refractivity (Wildman–Crippen MR) is 131 cm³/mol. The molecule has 0 unspecified atom stereocenters. The Morgan fingerprint density at radius 2 is 2.12 bits per heavy atom. The number of ketones is 1. The van der Waals surface area contributed by atoms with Crippen LogP contribution in [0.4, 0.5) is 11.4 Å². The summed E-state index contributed by atoms with van der Waals surface area (Å²) in [7, 11) is 0. The lowest BCUT2D eigenvalue weighted by atomic mass is 9.76. The maximum Gasteiger partial charge on any atom is 0.271 e. The molecule has 2 aromatic rings. The van der Waals surface area contributed by atoms with Gasteiger partial charge in [0.2, 0.25) is 0 Å². The van der Waals surface area contributed by atoms with E-state index in [1.54, 1.807) is 40.1 Å². The monoisotopic (exact) mass is 480 g/mol. The van der Waals surface area contributed by atoms with Gasteiger partial charge < -0.3 is 5.73 Å². The van der Waals surface area contributed by atoms with Crippen molar-refractivity contribution in [2.75, 3.05) is 10.7 Å². The first-order chi connectivity index (χ1) is 15.9. The van der Waals surface area contributed by atoms with E-state index >= 15 is 0 Å². The van der Waals surface area contributed by atoms with Crippen molar-refractivity contribution in [1.29, 1.82) is 5.26 Å². The molecular weight excluding hydrogens is 456 g/mol. The smallest absolute Gasteiger partial charge is 0.271 e. The number of Topliss-reactive ketones (excluding diaryl/α,β-unsaturated/α-hetero) is 1. The van der Waals surface area contributed by atoms with Crippen LogP contribution in [0.25, 0.3) is 0 Å². The highest BCUT2D eigenvalue weighted by Gasteiger charge is 2.41. The summed E-state index contributed by atoms with van der Waals surface area (Å²) in [6, 6.07) is 10.5. The second-order valence-electron chi connectivity index (χ2n) is 7.84. The van der Waals surface area contributed by atoms with Crippen molar-refractivity contribution < 1.29 is 9.72 Å². The molecule has 1 atom stereocenters.